The molecule has 2 unspecified atom stereocenters. The number of halogens is 1. The Kier molecular flexibility index (Phi) is 4.22. The molecule has 0 aromatic heterocycles. The van der Waals surface area contributed by atoms with E-state index in [1.165, 1.54) is 12.1 Å². The summed E-state index contributed by atoms with van der Waals surface area (Å²) >= 11 is 0. The summed E-state index contributed by atoms with van der Waals surface area (Å²) in [5.74, 6) is -1.57. The second-order valence-corrected chi connectivity index (χ2v) is 4.96. The number of nitrogens with one attached hydrogen (secondary N) is 2. The highest BCUT2D eigenvalue weighted by molar-refractivity contribution is 6.00. The average Bonchev–Trinajstić information content (AvgIpc) is 3.09. The third kappa shape index (κ3) is 3.26. The minimum atomic E-state index is -1.28. The lowest BCUT2D eigenvalue weighted by atomic mass is 10.1. The van der Waals surface area contributed by atoms with Crippen LogP contribution in [0.2, 0.25) is 0 Å². The predicted octanol–water partition coefficient (Wildman–Crippen LogP) is 2.83. The van der Waals surface area contributed by atoms with Gasteiger partial charge in [-0.2, -0.15) is 0 Å². The Morgan fingerprint density at radius 1 is 1.45 bits per heavy atom. The zero-order valence-corrected chi connectivity index (χ0v) is 11.1. The van der Waals surface area contributed by atoms with Crippen LogP contribution in [0, 0.1) is 11.7 Å². The zero-order chi connectivity index (χ0) is 14.7. The van der Waals surface area contributed by atoms with Gasteiger partial charge >= 0.3 is 12.0 Å². The molecule has 1 aliphatic carbocycles. The zero-order valence-electron chi connectivity index (χ0n) is 11.1. The summed E-state index contributed by atoms with van der Waals surface area (Å²) in [5, 5.41) is 14.0. The number of benzene rings is 1. The van der Waals surface area contributed by atoms with Crippen molar-refractivity contribution in [1.82, 2.24) is 5.32 Å². The van der Waals surface area contributed by atoms with Crippen LogP contribution in [-0.4, -0.2) is 23.1 Å². The Hall–Kier alpha value is -2.11. The number of carboxylic acid groups (broad SMARTS) is 1. The minimum Gasteiger partial charge on any atom is -0.478 e. The summed E-state index contributed by atoms with van der Waals surface area (Å²) in [7, 11) is 0. The molecule has 2 atom stereocenters. The van der Waals surface area contributed by atoms with E-state index in [1.54, 1.807) is 0 Å². The maximum absolute atomic E-state index is 13.6. The molecule has 20 heavy (non-hydrogen) atoms. The van der Waals surface area contributed by atoms with E-state index in [2.05, 4.69) is 17.6 Å². The Bertz CT molecular complexity index is 533. The quantitative estimate of drug-likeness (QED) is 0.776. The highest BCUT2D eigenvalue weighted by Gasteiger charge is 2.37. The number of amides is 2. The van der Waals surface area contributed by atoms with Gasteiger partial charge in [-0.25, -0.2) is 14.0 Å². The van der Waals surface area contributed by atoms with Crippen molar-refractivity contribution in [3.63, 3.8) is 0 Å². The SMILES string of the molecule is CCCC1CC1NC(=O)Nc1c(F)cccc1C(=O)O. The van der Waals surface area contributed by atoms with Crippen molar-refractivity contribution in [3.8, 4) is 0 Å². The van der Waals surface area contributed by atoms with E-state index in [9.17, 15) is 14.0 Å². The number of carbonyl (C=O) groups is 2. The van der Waals surface area contributed by atoms with Crippen molar-refractivity contribution < 1.29 is 19.1 Å². The second kappa shape index (κ2) is 5.90. The van der Waals surface area contributed by atoms with Crippen LogP contribution in [-0.2, 0) is 0 Å². The highest BCUT2D eigenvalue weighted by atomic mass is 19.1. The van der Waals surface area contributed by atoms with Crippen LogP contribution in [0.1, 0.15) is 36.5 Å². The Balaban J connectivity index is 2.00. The van der Waals surface area contributed by atoms with Gasteiger partial charge in [0.2, 0.25) is 0 Å². The van der Waals surface area contributed by atoms with Crippen molar-refractivity contribution in [3.05, 3.63) is 29.6 Å². The van der Waals surface area contributed by atoms with Gasteiger partial charge in [-0.15, -0.1) is 0 Å². The van der Waals surface area contributed by atoms with Crippen LogP contribution >= 0.6 is 0 Å². The molecule has 5 nitrogen and oxygen atoms in total. The molecule has 0 saturated heterocycles. The predicted molar refractivity (Wildman–Crippen MR) is 72.3 cm³/mol. The van der Waals surface area contributed by atoms with E-state index < -0.39 is 17.8 Å². The number of urea groups is 1. The topological polar surface area (TPSA) is 78.4 Å². The summed E-state index contributed by atoms with van der Waals surface area (Å²) in [6.07, 6.45) is 3.02. The first-order valence-corrected chi connectivity index (χ1v) is 6.62. The smallest absolute Gasteiger partial charge is 0.337 e. The molecule has 0 radical (unpaired) electrons. The highest BCUT2D eigenvalue weighted by Crippen LogP contribution is 2.34. The maximum atomic E-state index is 13.6. The molecule has 1 saturated carbocycles. The third-order valence-corrected chi connectivity index (χ3v) is 3.38. The third-order valence-electron chi connectivity index (χ3n) is 3.38. The van der Waals surface area contributed by atoms with Gasteiger partial charge in [-0.3, -0.25) is 0 Å². The Morgan fingerprint density at radius 2 is 2.20 bits per heavy atom. The monoisotopic (exact) mass is 280 g/mol. The van der Waals surface area contributed by atoms with Crippen molar-refractivity contribution >= 4 is 17.7 Å². The number of para-hydroxylation sites is 1. The van der Waals surface area contributed by atoms with Crippen LogP contribution < -0.4 is 10.6 Å². The number of hydrogen-bond donors (Lipinski definition) is 3. The standard InChI is InChI=1S/C14H17FN2O3/c1-2-4-8-7-11(8)16-14(20)17-12-9(13(18)19)5-3-6-10(12)15/h3,5-6,8,11H,2,4,7H2,1H3,(H,18,19)(H2,16,17,20). The maximum Gasteiger partial charge on any atom is 0.337 e. The van der Waals surface area contributed by atoms with Crippen LogP contribution in [0.25, 0.3) is 0 Å². The lowest BCUT2D eigenvalue weighted by Gasteiger charge is -2.10. The summed E-state index contributed by atoms with van der Waals surface area (Å²) in [6.45, 7) is 2.08. The summed E-state index contributed by atoms with van der Waals surface area (Å²) in [4.78, 5) is 22.7. The van der Waals surface area contributed by atoms with Crippen LogP contribution in [0.15, 0.2) is 18.2 Å². The number of rotatable bonds is 5. The van der Waals surface area contributed by atoms with Gasteiger partial charge < -0.3 is 15.7 Å². The molecule has 0 bridgehead atoms. The van der Waals surface area contributed by atoms with Gasteiger partial charge in [-0.05, 0) is 30.9 Å². The fourth-order valence-electron chi connectivity index (χ4n) is 2.26. The van der Waals surface area contributed by atoms with Gasteiger partial charge in [-0.1, -0.05) is 19.4 Å². The number of carbonyl (C=O) groups excluding carboxylic acids is 1. The first-order valence-electron chi connectivity index (χ1n) is 6.62. The van der Waals surface area contributed by atoms with E-state index in [4.69, 9.17) is 5.11 Å². The van der Waals surface area contributed by atoms with Gasteiger partial charge in [0, 0.05) is 6.04 Å². The van der Waals surface area contributed by atoms with E-state index in [1.807, 2.05) is 0 Å². The first-order chi connectivity index (χ1) is 9.52. The fraction of sp³-hybridized carbons (Fsp3) is 0.429. The van der Waals surface area contributed by atoms with Crippen molar-refractivity contribution in [2.24, 2.45) is 5.92 Å². The van der Waals surface area contributed by atoms with E-state index >= 15 is 0 Å². The van der Waals surface area contributed by atoms with Gasteiger partial charge in [0.05, 0.1) is 11.3 Å². The molecule has 0 aliphatic heterocycles. The van der Waals surface area contributed by atoms with Crippen molar-refractivity contribution in [1.29, 1.82) is 0 Å². The number of aromatic carboxylic acids is 1. The molecular formula is C14H17FN2O3. The summed E-state index contributed by atoms with van der Waals surface area (Å²) in [5.41, 5.74) is -0.564. The molecule has 1 aromatic carbocycles. The molecule has 1 aliphatic rings. The lowest BCUT2D eigenvalue weighted by Crippen LogP contribution is -2.32. The largest absolute Gasteiger partial charge is 0.478 e. The van der Waals surface area contributed by atoms with Gasteiger partial charge in [0.1, 0.15) is 5.82 Å². The molecule has 0 spiro atoms. The van der Waals surface area contributed by atoms with E-state index in [-0.39, 0.29) is 17.3 Å². The molecular weight excluding hydrogens is 263 g/mol. The van der Waals surface area contributed by atoms with Crippen molar-refractivity contribution in [2.75, 3.05) is 5.32 Å². The molecule has 108 valence electrons. The van der Waals surface area contributed by atoms with Crippen LogP contribution in [0.4, 0.5) is 14.9 Å². The molecule has 2 amide bonds. The molecule has 0 heterocycles. The van der Waals surface area contributed by atoms with E-state index in [0.29, 0.717) is 5.92 Å². The minimum absolute atomic E-state index is 0.106. The molecule has 1 aromatic rings. The average molecular weight is 280 g/mol. The lowest BCUT2D eigenvalue weighted by molar-refractivity contribution is 0.0697. The number of hydrogen-bond acceptors (Lipinski definition) is 2. The molecule has 6 heteroatoms. The molecule has 3 N–H and O–H groups in total. The number of anilines is 1. The summed E-state index contributed by atoms with van der Waals surface area (Å²) in [6, 6.07) is 3.19. The van der Waals surface area contributed by atoms with Crippen LogP contribution in [0.5, 0.6) is 0 Å². The molecule has 2 rings (SSSR count). The Morgan fingerprint density at radius 3 is 2.85 bits per heavy atom. The molecule has 1 fully saturated rings. The normalized spacial score (nSPS) is 20.3. The Labute approximate surface area is 116 Å². The van der Waals surface area contributed by atoms with Crippen LogP contribution in [0.3, 0.4) is 0 Å². The number of carboxylic acids is 1. The second-order valence-electron chi connectivity index (χ2n) is 4.96. The van der Waals surface area contributed by atoms with E-state index in [0.717, 1.165) is 25.3 Å². The summed E-state index contributed by atoms with van der Waals surface area (Å²) < 4.78 is 13.6. The van der Waals surface area contributed by atoms with Gasteiger partial charge in [0.15, 0.2) is 0 Å². The van der Waals surface area contributed by atoms with Crippen molar-refractivity contribution in [2.45, 2.75) is 32.2 Å². The first kappa shape index (κ1) is 14.3. The fourth-order valence-corrected chi connectivity index (χ4v) is 2.26. The van der Waals surface area contributed by atoms with Gasteiger partial charge in [0.25, 0.3) is 0 Å².